The Morgan fingerprint density at radius 1 is 0.513 bits per heavy atom. The molecule has 0 heterocycles. The molecule has 1 nitrogen and oxygen atoms in total. The average molecular weight is 532 g/mol. The van der Waals surface area contributed by atoms with E-state index in [0.717, 1.165) is 0 Å². The molecule has 0 spiro atoms. The molecule has 2 heteroatoms. The predicted octanol–water partition coefficient (Wildman–Crippen LogP) is 8.08. The van der Waals surface area contributed by atoms with Crippen molar-refractivity contribution < 1.29 is 0 Å². The smallest absolute Gasteiger partial charge is 0.202 e. The van der Waals surface area contributed by atoms with E-state index in [1.165, 1.54) is 43.8 Å². The molecule has 0 fully saturated rings. The van der Waals surface area contributed by atoms with E-state index < -0.39 is 8.24 Å². The molecule has 4 aromatic rings. The third kappa shape index (κ3) is 5.05. The van der Waals surface area contributed by atoms with Crippen LogP contribution in [0.25, 0.3) is 11.1 Å². The second kappa shape index (κ2) is 9.61. The zero-order valence-electron chi connectivity index (χ0n) is 25.3. The predicted molar refractivity (Wildman–Crippen MR) is 172 cm³/mol. The van der Waals surface area contributed by atoms with Crippen molar-refractivity contribution in [3.05, 3.63) is 119 Å². The number of fused-ring (bicyclic) bond motifs is 3. The van der Waals surface area contributed by atoms with Gasteiger partial charge in [-0.3, -0.25) is 0 Å². The molecule has 0 bridgehead atoms. The maximum Gasteiger partial charge on any atom is 0.202 e. The van der Waals surface area contributed by atoms with Gasteiger partial charge in [0.1, 0.15) is 0 Å². The third-order valence-electron chi connectivity index (χ3n) is 8.21. The van der Waals surface area contributed by atoms with Gasteiger partial charge < -0.3 is 4.98 Å². The van der Waals surface area contributed by atoms with Gasteiger partial charge in [-0.25, -0.2) is 0 Å². The molecule has 0 aliphatic heterocycles. The van der Waals surface area contributed by atoms with Crippen LogP contribution < -0.4 is 15.4 Å². The van der Waals surface area contributed by atoms with Gasteiger partial charge in [-0.15, -0.1) is 0 Å². The van der Waals surface area contributed by atoms with Crippen LogP contribution in [0.1, 0.15) is 90.1 Å². The standard InChI is InChI=1S/C37H45NSi/c1-35(2,3)26-20-22-30-31-23-21-27(36(4,5)6)25-33(31)34(32(30)24-26)39(38-37(7,8)9,28-16-12-10-13-17-28)29-18-14-11-15-19-29/h10-25,34,38H,1-9H3. The molecule has 1 N–H and O–H groups in total. The van der Waals surface area contributed by atoms with Crippen molar-refractivity contribution >= 4 is 18.6 Å². The number of benzene rings is 4. The van der Waals surface area contributed by atoms with E-state index in [4.69, 9.17) is 0 Å². The summed E-state index contributed by atoms with van der Waals surface area (Å²) >= 11 is 0. The van der Waals surface area contributed by atoms with E-state index in [9.17, 15) is 0 Å². The lowest BCUT2D eigenvalue weighted by Crippen LogP contribution is -2.76. The summed E-state index contributed by atoms with van der Waals surface area (Å²) in [6.45, 7) is 21.0. The van der Waals surface area contributed by atoms with Gasteiger partial charge in [0.15, 0.2) is 0 Å². The Balaban J connectivity index is 1.94. The summed E-state index contributed by atoms with van der Waals surface area (Å²) in [5.41, 5.74) is 8.83. The molecule has 0 saturated heterocycles. The summed E-state index contributed by atoms with van der Waals surface area (Å²) in [5.74, 6) is 0. The number of nitrogens with one attached hydrogen (secondary N) is 1. The SMILES string of the molecule is CC(C)(C)N[Si](c1ccccc1)(c1ccccc1)C1c2cc(C(C)(C)C)ccc2-c2ccc(C(C)(C)C)cc21. The molecule has 1 aliphatic carbocycles. The topological polar surface area (TPSA) is 12.0 Å². The second-order valence-corrected chi connectivity index (χ2v) is 18.1. The molecule has 1 aliphatic rings. The highest BCUT2D eigenvalue weighted by Crippen LogP contribution is 2.50. The molecule has 0 unspecified atom stereocenters. The molecule has 0 saturated carbocycles. The van der Waals surface area contributed by atoms with Gasteiger partial charge >= 0.3 is 0 Å². The summed E-state index contributed by atoms with van der Waals surface area (Å²) in [6, 6.07) is 37.3. The normalized spacial score (nSPS) is 14.3. The first-order valence-corrected chi connectivity index (χ1v) is 16.5. The molecule has 5 rings (SSSR count). The average Bonchev–Trinajstić information content (AvgIpc) is 3.20. The van der Waals surface area contributed by atoms with Crippen LogP contribution in [-0.2, 0) is 10.8 Å². The first kappa shape index (κ1) is 27.6. The lowest BCUT2D eigenvalue weighted by molar-refractivity contribution is 0.512. The molecule has 202 valence electrons. The number of hydrogen-bond donors (Lipinski definition) is 1. The Labute approximate surface area is 237 Å². The number of hydrogen-bond acceptors (Lipinski definition) is 1. The van der Waals surface area contributed by atoms with E-state index in [1.54, 1.807) is 0 Å². The van der Waals surface area contributed by atoms with Gasteiger partial charge in [0.05, 0.1) is 0 Å². The molecule has 0 radical (unpaired) electrons. The van der Waals surface area contributed by atoms with Gasteiger partial charge in [-0.05, 0) is 75.4 Å². The molecular formula is C37H45NSi. The summed E-state index contributed by atoms with van der Waals surface area (Å²) in [5, 5.41) is 2.86. The number of rotatable bonds is 4. The van der Waals surface area contributed by atoms with Gasteiger partial charge in [0.25, 0.3) is 0 Å². The van der Waals surface area contributed by atoms with Gasteiger partial charge in [0, 0.05) is 11.1 Å². The van der Waals surface area contributed by atoms with Crippen molar-refractivity contribution in [2.75, 3.05) is 0 Å². The van der Waals surface area contributed by atoms with Gasteiger partial charge in [0.2, 0.25) is 8.24 Å². The lowest BCUT2D eigenvalue weighted by Gasteiger charge is -2.44. The van der Waals surface area contributed by atoms with Crippen molar-refractivity contribution in [1.29, 1.82) is 0 Å². The van der Waals surface area contributed by atoms with E-state index in [-0.39, 0.29) is 21.9 Å². The fourth-order valence-corrected chi connectivity index (χ4v) is 11.8. The maximum atomic E-state index is 4.38. The highest BCUT2D eigenvalue weighted by atomic mass is 28.3. The zero-order chi connectivity index (χ0) is 28.2. The van der Waals surface area contributed by atoms with Crippen molar-refractivity contribution in [1.82, 2.24) is 4.98 Å². The minimum absolute atomic E-state index is 0.0755. The van der Waals surface area contributed by atoms with Crippen LogP contribution in [0.2, 0.25) is 0 Å². The molecule has 0 amide bonds. The molecule has 39 heavy (non-hydrogen) atoms. The third-order valence-corrected chi connectivity index (χ3v) is 13.3. The molecule has 0 atom stereocenters. The van der Waals surface area contributed by atoms with E-state index >= 15 is 0 Å². The summed E-state index contributed by atoms with van der Waals surface area (Å²) in [6.07, 6.45) is 0. The monoisotopic (exact) mass is 531 g/mol. The summed E-state index contributed by atoms with van der Waals surface area (Å²) < 4.78 is 0. The Bertz CT molecular complexity index is 1360. The van der Waals surface area contributed by atoms with Crippen molar-refractivity contribution in [3.8, 4) is 11.1 Å². The van der Waals surface area contributed by atoms with E-state index in [1.807, 2.05) is 0 Å². The van der Waals surface area contributed by atoms with E-state index in [2.05, 4.69) is 164 Å². The first-order valence-electron chi connectivity index (χ1n) is 14.4. The highest BCUT2D eigenvalue weighted by Gasteiger charge is 2.52. The second-order valence-electron chi connectivity index (χ2n) is 14.5. The fourth-order valence-electron chi connectivity index (χ4n) is 6.37. The van der Waals surface area contributed by atoms with Crippen molar-refractivity contribution in [2.24, 2.45) is 0 Å². The van der Waals surface area contributed by atoms with E-state index in [0.29, 0.717) is 0 Å². The van der Waals surface area contributed by atoms with Crippen LogP contribution >= 0.6 is 0 Å². The largest absolute Gasteiger partial charge is 0.325 e. The summed E-state index contributed by atoms with van der Waals surface area (Å²) in [4.78, 5) is 4.38. The van der Waals surface area contributed by atoms with Crippen LogP contribution in [-0.4, -0.2) is 13.8 Å². The highest BCUT2D eigenvalue weighted by molar-refractivity contribution is 7.02. The Morgan fingerprint density at radius 3 is 1.23 bits per heavy atom. The Morgan fingerprint density at radius 2 is 0.897 bits per heavy atom. The van der Waals surface area contributed by atoms with Crippen LogP contribution in [0.15, 0.2) is 97.1 Å². The fraction of sp³-hybridized carbons (Fsp3) is 0.351. The van der Waals surface area contributed by atoms with Gasteiger partial charge in [-0.2, -0.15) is 0 Å². The Hall–Kier alpha value is -2.94. The van der Waals surface area contributed by atoms with Crippen LogP contribution in [0, 0.1) is 0 Å². The zero-order valence-corrected chi connectivity index (χ0v) is 26.3. The first-order chi connectivity index (χ1) is 18.2. The van der Waals surface area contributed by atoms with Gasteiger partial charge in [-0.1, -0.05) is 139 Å². The van der Waals surface area contributed by atoms with Crippen molar-refractivity contribution in [3.63, 3.8) is 0 Å². The van der Waals surface area contributed by atoms with Crippen LogP contribution in [0.3, 0.4) is 0 Å². The minimum atomic E-state index is -2.67. The van der Waals surface area contributed by atoms with Crippen molar-refractivity contribution in [2.45, 2.75) is 84.2 Å². The molecule has 4 aromatic carbocycles. The molecule has 0 aromatic heterocycles. The molecular weight excluding hydrogens is 487 g/mol. The van der Waals surface area contributed by atoms with Crippen LogP contribution in [0.5, 0.6) is 0 Å². The quantitative estimate of drug-likeness (QED) is 0.262. The minimum Gasteiger partial charge on any atom is -0.325 e. The lowest BCUT2D eigenvalue weighted by atomic mass is 9.85. The maximum absolute atomic E-state index is 4.38. The summed E-state index contributed by atoms with van der Waals surface area (Å²) in [7, 11) is -2.67. The van der Waals surface area contributed by atoms with Crippen LogP contribution in [0.4, 0.5) is 0 Å². The Kier molecular flexibility index (Phi) is 6.80.